The Morgan fingerprint density at radius 1 is 0.373 bits per heavy atom. The van der Waals surface area contributed by atoms with Gasteiger partial charge in [0.15, 0.2) is 37.7 Å². The minimum atomic E-state index is -2.25. The van der Waals surface area contributed by atoms with Crippen molar-refractivity contribution in [3.05, 3.63) is 0 Å². The van der Waals surface area contributed by atoms with E-state index in [1.807, 2.05) is 0 Å². The maximum Gasteiger partial charge on any atom is 0.217 e. The second kappa shape index (κ2) is 26.5. The van der Waals surface area contributed by atoms with E-state index in [1.165, 1.54) is 6.92 Å². The summed E-state index contributed by atoms with van der Waals surface area (Å²) < 4.78 is 63.7. The van der Waals surface area contributed by atoms with Crippen LogP contribution in [0.3, 0.4) is 0 Å². The maximum absolute atomic E-state index is 12.7. The van der Waals surface area contributed by atoms with Crippen molar-refractivity contribution in [1.82, 2.24) is 16.0 Å². The molecule has 0 bridgehead atoms. The standard InChI is InChI=1S/C42H71N3O30/c1-10-22(53)29(60)31(62)40(66-10)65-9-18-34(27(58)19(37(64)67-18)43-11(2)50)72-39-21(45-13(4)52)28(59)33(17(8-49)71-39)73-41-32(63)35(25(56)16(7-48)69-41)74-42-36(30(61)24(55)15(6-47)70-42)75-38-20(44-12(3)51)26(57)23(54)14(5-46)68-38/h10,14-42,46-49,53-64H,5-9H2,1-4H3,(H,43,50)(H,44,51)(H,45,52)/t10-,14+,15+,16+,17+,18+,19+,20+,21+,22+,23+,24+,25+,26+,27+,28+,29+,30-,31-,32-,33+,34+,35-,36-,37+,38+,39-,40+,41-,42+/m0/s1. The predicted molar refractivity (Wildman–Crippen MR) is 233 cm³/mol. The van der Waals surface area contributed by atoms with Crippen LogP contribution in [0, 0.1) is 0 Å². The molecule has 33 heteroatoms. The fourth-order valence-corrected chi connectivity index (χ4v) is 9.55. The number of amides is 3. The van der Waals surface area contributed by atoms with E-state index in [2.05, 4.69) is 16.0 Å². The summed E-state index contributed by atoms with van der Waals surface area (Å²) in [4.78, 5) is 36.9. The SMILES string of the molecule is CC(=O)N[C@@H]1[C@@H](O)[C@H](O[C@@H]2O[C@H](CO)[C@@H](O[C@@H]3O[C@H](CO)[C@@H](O)[C@H](O[C@H]4O[C@H](CO)[C@@H](O)[C@H](O)[C@@H]4O[C@H]4O[C@H](CO)[C@@H](O)[C@H](O)[C@H]4NC(C)=O)[C@@H]3O)[C@H](O)[C@H]2NC(C)=O)[C@@H](CO[C@@H]2O[C@@H](C)[C@@H](O)[C@@H](O)[C@@H]2O)O[C@H]1O. The lowest BCUT2D eigenvalue weighted by Gasteiger charge is -2.50. The summed E-state index contributed by atoms with van der Waals surface area (Å²) in [6.45, 7) is -0.201. The van der Waals surface area contributed by atoms with Crippen LogP contribution in [0.1, 0.15) is 27.7 Å². The van der Waals surface area contributed by atoms with Crippen LogP contribution in [0.4, 0.5) is 0 Å². The van der Waals surface area contributed by atoms with E-state index in [9.17, 15) is 96.1 Å². The van der Waals surface area contributed by atoms with Gasteiger partial charge in [-0.1, -0.05) is 0 Å². The summed E-state index contributed by atoms with van der Waals surface area (Å²) in [5.74, 6) is -2.36. The van der Waals surface area contributed by atoms with Crippen molar-refractivity contribution in [1.29, 1.82) is 0 Å². The van der Waals surface area contributed by atoms with Gasteiger partial charge in [-0.15, -0.1) is 0 Å². The smallest absolute Gasteiger partial charge is 0.217 e. The molecule has 6 fully saturated rings. The lowest BCUT2D eigenvalue weighted by molar-refractivity contribution is -0.392. The number of ether oxygens (including phenoxy) is 11. The Labute approximate surface area is 426 Å². The van der Waals surface area contributed by atoms with Gasteiger partial charge in [0.25, 0.3) is 0 Å². The van der Waals surface area contributed by atoms with Crippen molar-refractivity contribution in [2.45, 2.75) is 212 Å². The molecular weight excluding hydrogens is 1030 g/mol. The van der Waals surface area contributed by atoms with E-state index in [4.69, 9.17) is 52.1 Å². The molecule has 75 heavy (non-hydrogen) atoms. The van der Waals surface area contributed by atoms with Gasteiger partial charge in [0.2, 0.25) is 17.7 Å². The van der Waals surface area contributed by atoms with Crippen molar-refractivity contribution < 1.29 is 148 Å². The van der Waals surface area contributed by atoms with Gasteiger partial charge in [-0.25, -0.2) is 0 Å². The van der Waals surface area contributed by atoms with Crippen molar-refractivity contribution >= 4 is 17.7 Å². The molecule has 19 N–H and O–H groups in total. The molecule has 6 heterocycles. The number of aliphatic hydroxyl groups excluding tert-OH is 16. The van der Waals surface area contributed by atoms with Crippen molar-refractivity contribution in [2.24, 2.45) is 0 Å². The first-order chi connectivity index (χ1) is 35.4. The van der Waals surface area contributed by atoms with E-state index >= 15 is 0 Å². The second-order valence-electron chi connectivity index (χ2n) is 19.0. The molecule has 6 rings (SSSR count). The lowest BCUT2D eigenvalue weighted by Crippen LogP contribution is -2.70. The highest BCUT2D eigenvalue weighted by atomic mass is 16.8. The monoisotopic (exact) mass is 1100 g/mol. The molecule has 0 aromatic carbocycles. The van der Waals surface area contributed by atoms with Crippen LogP contribution in [0.5, 0.6) is 0 Å². The summed E-state index contributed by atoms with van der Waals surface area (Å²) in [5, 5.41) is 180. The number of rotatable bonds is 18. The fraction of sp³-hybridized carbons (Fsp3) is 0.929. The summed E-state index contributed by atoms with van der Waals surface area (Å²) in [7, 11) is 0. The van der Waals surface area contributed by atoms with Crippen LogP contribution in [-0.2, 0) is 66.5 Å². The van der Waals surface area contributed by atoms with Crippen LogP contribution >= 0.6 is 0 Å². The molecule has 0 spiro atoms. The van der Waals surface area contributed by atoms with Gasteiger partial charge < -0.3 is 150 Å². The second-order valence-corrected chi connectivity index (χ2v) is 19.0. The Morgan fingerprint density at radius 3 is 1.36 bits per heavy atom. The summed E-state index contributed by atoms with van der Waals surface area (Å²) in [6.07, 6.45) is -49.7. The maximum atomic E-state index is 12.7. The number of hydrogen-bond acceptors (Lipinski definition) is 30. The summed E-state index contributed by atoms with van der Waals surface area (Å²) in [5.41, 5.74) is 0. The highest BCUT2D eigenvalue weighted by Crippen LogP contribution is 2.36. The minimum absolute atomic E-state index is 0.724. The highest BCUT2D eigenvalue weighted by molar-refractivity contribution is 5.74. The molecule has 0 aromatic rings. The third-order valence-electron chi connectivity index (χ3n) is 13.6. The Balaban J connectivity index is 1.25. The van der Waals surface area contributed by atoms with E-state index in [0.29, 0.717) is 0 Å². The van der Waals surface area contributed by atoms with Gasteiger partial charge in [-0.2, -0.15) is 0 Å². The van der Waals surface area contributed by atoms with Crippen molar-refractivity contribution in [3.8, 4) is 0 Å². The zero-order chi connectivity index (χ0) is 55.5. The predicted octanol–water partition coefficient (Wildman–Crippen LogP) is -12.6. The Hall–Kier alpha value is -2.67. The highest BCUT2D eigenvalue weighted by Gasteiger charge is 2.58. The van der Waals surface area contributed by atoms with E-state index < -0.39 is 235 Å². The molecule has 33 nitrogen and oxygen atoms in total. The zero-order valence-electron chi connectivity index (χ0n) is 40.7. The largest absolute Gasteiger partial charge is 0.394 e. The average molecular weight is 1100 g/mol. The number of carbonyl (C=O) groups is 3. The number of aliphatic hydroxyl groups is 16. The van der Waals surface area contributed by atoms with Crippen LogP contribution in [-0.4, -0.2) is 317 Å². The molecule has 0 unspecified atom stereocenters. The van der Waals surface area contributed by atoms with Gasteiger partial charge in [0, 0.05) is 20.8 Å². The quantitative estimate of drug-likeness (QED) is 0.0606. The molecule has 6 aliphatic heterocycles. The molecule has 0 aliphatic carbocycles. The molecular formula is C42H71N3O30. The molecule has 0 radical (unpaired) electrons. The molecule has 6 aliphatic rings. The van der Waals surface area contributed by atoms with Crippen molar-refractivity contribution in [2.75, 3.05) is 33.0 Å². The lowest BCUT2D eigenvalue weighted by atomic mass is 9.93. The first-order valence-electron chi connectivity index (χ1n) is 23.9. The van der Waals surface area contributed by atoms with Crippen LogP contribution < -0.4 is 16.0 Å². The van der Waals surface area contributed by atoms with Gasteiger partial charge in [-0.3, -0.25) is 14.4 Å². The molecule has 6 saturated heterocycles. The van der Waals surface area contributed by atoms with Crippen molar-refractivity contribution in [3.63, 3.8) is 0 Å². The fourth-order valence-electron chi connectivity index (χ4n) is 9.55. The molecule has 434 valence electrons. The van der Waals surface area contributed by atoms with E-state index in [-0.39, 0.29) is 0 Å². The van der Waals surface area contributed by atoms with Gasteiger partial charge in [0.05, 0.1) is 39.1 Å². The number of hydrogen-bond donors (Lipinski definition) is 19. The first-order valence-corrected chi connectivity index (χ1v) is 23.9. The van der Waals surface area contributed by atoms with E-state index in [0.717, 1.165) is 20.8 Å². The van der Waals surface area contributed by atoms with Gasteiger partial charge in [-0.05, 0) is 6.92 Å². The minimum Gasteiger partial charge on any atom is -0.394 e. The van der Waals surface area contributed by atoms with E-state index in [1.54, 1.807) is 0 Å². The molecule has 3 amide bonds. The van der Waals surface area contributed by atoms with Crippen LogP contribution in [0.15, 0.2) is 0 Å². The van der Waals surface area contributed by atoms with Crippen LogP contribution in [0.25, 0.3) is 0 Å². The van der Waals surface area contributed by atoms with Crippen LogP contribution in [0.2, 0.25) is 0 Å². The Bertz CT molecular complexity index is 1850. The average Bonchev–Trinajstić information content (AvgIpc) is 3.36. The normalized spacial score (nSPS) is 48.6. The topological polar surface area (TPSA) is 513 Å². The third kappa shape index (κ3) is 13.7. The number of carbonyl (C=O) groups excluding carboxylic acids is 3. The molecule has 0 aromatic heterocycles. The summed E-state index contributed by atoms with van der Waals surface area (Å²) in [6, 6.07) is -5.01. The Kier molecular flexibility index (Phi) is 21.8. The van der Waals surface area contributed by atoms with Gasteiger partial charge in [0.1, 0.15) is 140 Å². The first kappa shape index (κ1) is 61.5. The molecule has 0 saturated carbocycles. The number of nitrogens with one attached hydrogen (secondary N) is 3. The molecule has 30 atom stereocenters. The third-order valence-corrected chi connectivity index (χ3v) is 13.6. The summed E-state index contributed by atoms with van der Waals surface area (Å²) >= 11 is 0. The van der Waals surface area contributed by atoms with Gasteiger partial charge >= 0.3 is 0 Å². The Morgan fingerprint density at radius 2 is 0.800 bits per heavy atom. The zero-order valence-corrected chi connectivity index (χ0v) is 40.7.